The van der Waals surface area contributed by atoms with E-state index >= 15 is 0 Å². The highest BCUT2D eigenvalue weighted by molar-refractivity contribution is 6.31. The van der Waals surface area contributed by atoms with Crippen molar-refractivity contribution < 1.29 is 9.53 Å². The molecule has 25 heavy (non-hydrogen) atoms. The fraction of sp³-hybridized carbons (Fsp3) is 0.211. The van der Waals surface area contributed by atoms with Crippen LogP contribution < -0.4 is 5.56 Å². The van der Waals surface area contributed by atoms with Crippen molar-refractivity contribution in [1.29, 1.82) is 0 Å². The molecule has 0 aliphatic carbocycles. The third-order valence-electron chi connectivity index (χ3n) is 3.98. The minimum Gasteiger partial charge on any atom is -0.457 e. The summed E-state index contributed by atoms with van der Waals surface area (Å²) in [6, 6.07) is 12.2. The molecule has 0 amide bonds. The molecule has 0 fully saturated rings. The van der Waals surface area contributed by atoms with Gasteiger partial charge in [-0.3, -0.25) is 4.79 Å². The van der Waals surface area contributed by atoms with Crippen molar-refractivity contribution >= 4 is 28.6 Å². The quantitative estimate of drug-likeness (QED) is 0.668. The second-order valence-corrected chi connectivity index (χ2v) is 6.02. The first-order valence-corrected chi connectivity index (χ1v) is 8.30. The molecule has 0 saturated heterocycles. The first-order valence-electron chi connectivity index (χ1n) is 7.93. The third kappa shape index (κ3) is 3.42. The molecule has 0 bridgehead atoms. The van der Waals surface area contributed by atoms with E-state index < -0.39 is 5.97 Å². The number of hydrogen-bond acceptors (Lipinski definition) is 4. The van der Waals surface area contributed by atoms with Crippen LogP contribution in [0.1, 0.15) is 28.5 Å². The van der Waals surface area contributed by atoms with Gasteiger partial charge in [0, 0.05) is 17.1 Å². The maximum atomic E-state index is 12.3. The normalized spacial score (nSPS) is 10.8. The smallest absolute Gasteiger partial charge is 0.338 e. The fourth-order valence-corrected chi connectivity index (χ4v) is 2.85. The molecule has 0 aliphatic rings. The van der Waals surface area contributed by atoms with Crippen LogP contribution in [0, 0.1) is 6.92 Å². The van der Waals surface area contributed by atoms with E-state index in [2.05, 4.69) is 4.98 Å². The molecule has 1 aromatic heterocycles. The van der Waals surface area contributed by atoms with Crippen LogP contribution in [0.2, 0.25) is 5.02 Å². The summed E-state index contributed by atoms with van der Waals surface area (Å²) < 4.78 is 6.97. The third-order valence-corrected chi connectivity index (χ3v) is 4.35. The maximum Gasteiger partial charge on any atom is 0.338 e. The largest absolute Gasteiger partial charge is 0.457 e. The Balaban J connectivity index is 1.89. The molecule has 3 rings (SSSR count). The number of ether oxygens (including phenoxy) is 1. The summed E-state index contributed by atoms with van der Waals surface area (Å²) in [6.07, 6.45) is 0. The van der Waals surface area contributed by atoms with E-state index in [4.69, 9.17) is 16.3 Å². The molecule has 0 unspecified atom stereocenters. The van der Waals surface area contributed by atoms with Gasteiger partial charge in [-0.1, -0.05) is 29.8 Å². The molecule has 128 valence electrons. The van der Waals surface area contributed by atoms with Crippen molar-refractivity contribution in [3.05, 3.63) is 74.7 Å². The highest BCUT2D eigenvalue weighted by atomic mass is 35.5. The second-order valence-electron chi connectivity index (χ2n) is 5.62. The fourth-order valence-electron chi connectivity index (χ4n) is 2.66. The van der Waals surface area contributed by atoms with Crippen LogP contribution in [0.3, 0.4) is 0 Å². The molecule has 0 N–H and O–H groups in total. The van der Waals surface area contributed by atoms with Crippen molar-refractivity contribution in [2.24, 2.45) is 0 Å². The number of carbonyl (C=O) groups excluding carboxylic acids is 1. The molecule has 0 aliphatic heterocycles. The summed E-state index contributed by atoms with van der Waals surface area (Å²) in [5.74, 6) is -0.462. The van der Waals surface area contributed by atoms with Gasteiger partial charge in [-0.05, 0) is 38.1 Å². The Bertz CT molecular complexity index is 1010. The molecule has 0 spiro atoms. The molecule has 0 radical (unpaired) electrons. The van der Waals surface area contributed by atoms with Gasteiger partial charge in [0.2, 0.25) is 0 Å². The average molecular weight is 357 g/mol. The second kappa shape index (κ2) is 7.07. The molecular weight excluding hydrogens is 340 g/mol. The summed E-state index contributed by atoms with van der Waals surface area (Å²) in [5.41, 5.74) is 2.69. The highest BCUT2D eigenvalue weighted by Gasteiger charge is 2.13. The van der Waals surface area contributed by atoms with Crippen molar-refractivity contribution in [3.63, 3.8) is 0 Å². The van der Waals surface area contributed by atoms with Crippen molar-refractivity contribution in [2.45, 2.75) is 27.0 Å². The van der Waals surface area contributed by atoms with Crippen LogP contribution >= 0.6 is 11.6 Å². The monoisotopic (exact) mass is 356 g/mol. The van der Waals surface area contributed by atoms with Gasteiger partial charge in [-0.25, -0.2) is 9.78 Å². The Morgan fingerprint density at radius 2 is 2.00 bits per heavy atom. The maximum absolute atomic E-state index is 12.3. The van der Waals surface area contributed by atoms with E-state index in [1.54, 1.807) is 41.8 Å². The number of aryl methyl sites for hydroxylation is 2. The van der Waals surface area contributed by atoms with Crippen LogP contribution in [-0.4, -0.2) is 15.5 Å². The van der Waals surface area contributed by atoms with E-state index in [0.717, 1.165) is 5.56 Å². The van der Waals surface area contributed by atoms with Gasteiger partial charge in [0.1, 0.15) is 12.3 Å². The minimum absolute atomic E-state index is 0.0947. The number of aromatic nitrogens is 2. The standard InChI is InChI=1S/C19H17ClN2O3/c1-3-22-17-9-8-13(10-16(17)21-12(2)18(22)23)19(24)25-11-14-6-4-5-7-15(14)20/h4-10H,3,11H2,1-2H3. The predicted molar refractivity (Wildman–Crippen MR) is 97.0 cm³/mol. The lowest BCUT2D eigenvalue weighted by Gasteiger charge is -2.10. The van der Waals surface area contributed by atoms with Gasteiger partial charge >= 0.3 is 5.97 Å². The Morgan fingerprint density at radius 1 is 1.24 bits per heavy atom. The number of halogens is 1. The summed E-state index contributed by atoms with van der Waals surface area (Å²) in [7, 11) is 0. The number of hydrogen-bond donors (Lipinski definition) is 0. The molecule has 0 saturated carbocycles. The summed E-state index contributed by atoms with van der Waals surface area (Å²) >= 11 is 6.06. The lowest BCUT2D eigenvalue weighted by Crippen LogP contribution is -2.23. The van der Waals surface area contributed by atoms with Gasteiger partial charge in [0.05, 0.1) is 16.6 Å². The summed E-state index contributed by atoms with van der Waals surface area (Å²) in [6.45, 7) is 4.19. The molecule has 6 heteroatoms. The number of carbonyl (C=O) groups is 1. The van der Waals surface area contributed by atoms with Crippen LogP contribution in [0.4, 0.5) is 0 Å². The SMILES string of the molecule is CCn1c(=O)c(C)nc2cc(C(=O)OCc3ccccc3Cl)ccc21. The number of esters is 1. The van der Waals surface area contributed by atoms with Crippen LogP contribution in [0.15, 0.2) is 47.3 Å². The highest BCUT2D eigenvalue weighted by Crippen LogP contribution is 2.18. The average Bonchev–Trinajstić information content (AvgIpc) is 2.61. The molecule has 2 aromatic carbocycles. The van der Waals surface area contributed by atoms with Gasteiger partial charge in [-0.15, -0.1) is 0 Å². The summed E-state index contributed by atoms with van der Waals surface area (Å²) in [4.78, 5) is 28.7. The molecule has 3 aromatic rings. The topological polar surface area (TPSA) is 61.2 Å². The van der Waals surface area contributed by atoms with Crippen molar-refractivity contribution in [1.82, 2.24) is 9.55 Å². The molecule has 1 heterocycles. The molecular formula is C19H17ClN2O3. The molecule has 5 nitrogen and oxygen atoms in total. The van der Waals surface area contributed by atoms with Crippen LogP contribution in [0.5, 0.6) is 0 Å². The van der Waals surface area contributed by atoms with Crippen LogP contribution in [0.25, 0.3) is 11.0 Å². The Morgan fingerprint density at radius 3 is 2.72 bits per heavy atom. The van der Waals surface area contributed by atoms with Gasteiger partial charge in [0.15, 0.2) is 0 Å². The zero-order chi connectivity index (χ0) is 18.0. The Kier molecular flexibility index (Phi) is 4.86. The van der Waals surface area contributed by atoms with Crippen molar-refractivity contribution in [2.75, 3.05) is 0 Å². The van der Waals surface area contributed by atoms with E-state index in [9.17, 15) is 9.59 Å². The Labute approximate surface area is 149 Å². The van der Waals surface area contributed by atoms with E-state index in [1.165, 1.54) is 0 Å². The van der Waals surface area contributed by atoms with E-state index in [1.807, 2.05) is 19.1 Å². The van der Waals surface area contributed by atoms with Gasteiger partial charge in [-0.2, -0.15) is 0 Å². The lowest BCUT2D eigenvalue weighted by molar-refractivity contribution is 0.0473. The van der Waals surface area contributed by atoms with E-state index in [-0.39, 0.29) is 12.2 Å². The Hall–Kier alpha value is -2.66. The lowest BCUT2D eigenvalue weighted by atomic mass is 10.2. The first kappa shape index (κ1) is 17.2. The number of benzene rings is 2. The molecule has 0 atom stereocenters. The van der Waals surface area contributed by atoms with E-state index in [0.29, 0.717) is 33.9 Å². The number of fused-ring (bicyclic) bond motifs is 1. The zero-order valence-electron chi connectivity index (χ0n) is 14.0. The van der Waals surface area contributed by atoms with Crippen LogP contribution in [-0.2, 0) is 17.9 Å². The minimum atomic E-state index is -0.462. The van der Waals surface area contributed by atoms with Gasteiger partial charge < -0.3 is 9.30 Å². The number of rotatable bonds is 4. The number of nitrogens with zero attached hydrogens (tertiary/aromatic N) is 2. The summed E-state index contributed by atoms with van der Waals surface area (Å²) in [5, 5.41) is 0.554. The van der Waals surface area contributed by atoms with Gasteiger partial charge in [0.25, 0.3) is 5.56 Å². The first-order chi connectivity index (χ1) is 12.0. The predicted octanol–water partition coefficient (Wildman–Crippen LogP) is 3.74. The van der Waals surface area contributed by atoms with Crippen molar-refractivity contribution in [3.8, 4) is 0 Å². The zero-order valence-corrected chi connectivity index (χ0v) is 14.7.